The number of benzene rings is 1. The maximum absolute atomic E-state index is 2.32. The SMILES string of the molecule is CCCCCCCCCCCCCCCCC(CCC)c1ccccc1. The van der Waals surface area contributed by atoms with Crippen molar-refractivity contribution < 1.29 is 0 Å². The zero-order valence-corrected chi connectivity index (χ0v) is 18.0. The molecule has 1 unspecified atom stereocenters. The normalized spacial score (nSPS) is 12.4. The summed E-state index contributed by atoms with van der Waals surface area (Å²) in [5.41, 5.74) is 1.56. The summed E-state index contributed by atoms with van der Waals surface area (Å²) in [6.45, 7) is 4.62. The van der Waals surface area contributed by atoms with Crippen LogP contribution >= 0.6 is 0 Å². The third-order valence-corrected chi connectivity index (χ3v) is 5.81. The first kappa shape index (κ1) is 23.3. The highest BCUT2D eigenvalue weighted by Gasteiger charge is 2.09. The molecule has 0 amide bonds. The molecule has 0 spiro atoms. The third-order valence-electron chi connectivity index (χ3n) is 5.81. The highest BCUT2D eigenvalue weighted by Crippen LogP contribution is 2.27. The van der Waals surface area contributed by atoms with Crippen molar-refractivity contribution in [2.24, 2.45) is 0 Å². The van der Waals surface area contributed by atoms with Crippen LogP contribution in [0.2, 0.25) is 0 Å². The largest absolute Gasteiger partial charge is 0.0654 e. The van der Waals surface area contributed by atoms with Gasteiger partial charge in [0.1, 0.15) is 0 Å². The van der Waals surface area contributed by atoms with E-state index in [0.717, 1.165) is 5.92 Å². The van der Waals surface area contributed by atoms with Gasteiger partial charge in [-0.15, -0.1) is 0 Å². The van der Waals surface area contributed by atoms with Crippen LogP contribution in [-0.4, -0.2) is 0 Å². The van der Waals surface area contributed by atoms with Crippen molar-refractivity contribution in [2.75, 3.05) is 0 Å². The Hall–Kier alpha value is -0.780. The van der Waals surface area contributed by atoms with Gasteiger partial charge in [-0.1, -0.05) is 140 Å². The molecule has 0 aliphatic rings. The summed E-state index contributed by atoms with van der Waals surface area (Å²) in [6, 6.07) is 11.2. The molecule has 150 valence electrons. The molecule has 0 aliphatic heterocycles. The maximum atomic E-state index is 2.32. The smallest absolute Gasteiger partial charge is 0.0162 e. The van der Waals surface area contributed by atoms with E-state index in [0.29, 0.717) is 0 Å². The van der Waals surface area contributed by atoms with Crippen molar-refractivity contribution in [2.45, 2.75) is 129 Å². The van der Waals surface area contributed by atoms with Crippen molar-refractivity contribution in [3.63, 3.8) is 0 Å². The fourth-order valence-electron chi connectivity index (χ4n) is 4.14. The molecule has 0 N–H and O–H groups in total. The Morgan fingerprint density at radius 1 is 0.500 bits per heavy atom. The van der Waals surface area contributed by atoms with Crippen LogP contribution in [0.1, 0.15) is 134 Å². The third kappa shape index (κ3) is 12.6. The van der Waals surface area contributed by atoms with Crippen molar-refractivity contribution >= 4 is 0 Å². The first-order valence-electron chi connectivity index (χ1n) is 11.9. The fourth-order valence-corrected chi connectivity index (χ4v) is 4.14. The van der Waals surface area contributed by atoms with Gasteiger partial charge in [0.05, 0.1) is 0 Å². The first-order chi connectivity index (χ1) is 12.9. The Morgan fingerprint density at radius 3 is 1.42 bits per heavy atom. The minimum atomic E-state index is 0.790. The second-order valence-electron chi connectivity index (χ2n) is 8.28. The zero-order chi connectivity index (χ0) is 18.7. The lowest BCUT2D eigenvalue weighted by molar-refractivity contribution is 0.502. The van der Waals surface area contributed by atoms with Crippen LogP contribution in [0.3, 0.4) is 0 Å². The van der Waals surface area contributed by atoms with E-state index in [1.54, 1.807) is 5.56 Å². The second-order valence-corrected chi connectivity index (χ2v) is 8.28. The monoisotopic (exact) mass is 358 g/mol. The molecular weight excluding hydrogens is 312 g/mol. The Bertz CT molecular complexity index is 380. The summed E-state index contributed by atoms with van der Waals surface area (Å²) in [7, 11) is 0. The molecule has 0 saturated carbocycles. The van der Waals surface area contributed by atoms with Crippen LogP contribution in [0.15, 0.2) is 30.3 Å². The van der Waals surface area contributed by atoms with Gasteiger partial charge in [-0.05, 0) is 24.3 Å². The molecule has 0 heteroatoms. The minimum absolute atomic E-state index is 0.790. The van der Waals surface area contributed by atoms with E-state index in [1.165, 1.54) is 109 Å². The molecular formula is C26H46. The topological polar surface area (TPSA) is 0 Å². The maximum Gasteiger partial charge on any atom is -0.0162 e. The van der Waals surface area contributed by atoms with Gasteiger partial charge in [-0.3, -0.25) is 0 Å². The Labute approximate surface area is 165 Å². The standard InChI is InChI=1S/C26H46/c1-3-5-6-7-8-9-10-11-12-13-14-15-16-18-22-25(21-4-2)26-23-19-17-20-24-26/h17,19-20,23-25H,3-16,18,21-22H2,1-2H3. The van der Waals surface area contributed by atoms with Gasteiger partial charge in [-0.25, -0.2) is 0 Å². The molecule has 0 heterocycles. The molecule has 0 radical (unpaired) electrons. The van der Waals surface area contributed by atoms with E-state index in [1.807, 2.05) is 0 Å². The second kappa shape index (κ2) is 17.6. The number of hydrogen-bond acceptors (Lipinski definition) is 0. The average Bonchev–Trinajstić information content (AvgIpc) is 2.68. The van der Waals surface area contributed by atoms with Crippen LogP contribution in [0, 0.1) is 0 Å². The van der Waals surface area contributed by atoms with E-state index >= 15 is 0 Å². The molecule has 0 bridgehead atoms. The van der Waals surface area contributed by atoms with Crippen LogP contribution in [0.4, 0.5) is 0 Å². The van der Waals surface area contributed by atoms with E-state index in [4.69, 9.17) is 0 Å². The lowest BCUT2D eigenvalue weighted by Crippen LogP contribution is -1.98. The average molecular weight is 359 g/mol. The molecule has 26 heavy (non-hydrogen) atoms. The summed E-state index contributed by atoms with van der Waals surface area (Å²) < 4.78 is 0. The zero-order valence-electron chi connectivity index (χ0n) is 18.0. The molecule has 0 fully saturated rings. The molecule has 0 nitrogen and oxygen atoms in total. The molecule has 0 aliphatic carbocycles. The summed E-state index contributed by atoms with van der Waals surface area (Å²) >= 11 is 0. The molecule has 1 atom stereocenters. The fraction of sp³-hybridized carbons (Fsp3) is 0.769. The molecule has 1 aromatic carbocycles. The van der Waals surface area contributed by atoms with Gasteiger partial charge in [0, 0.05) is 0 Å². The van der Waals surface area contributed by atoms with Crippen LogP contribution < -0.4 is 0 Å². The number of rotatable bonds is 18. The Morgan fingerprint density at radius 2 is 0.962 bits per heavy atom. The van der Waals surface area contributed by atoms with Crippen LogP contribution in [0.25, 0.3) is 0 Å². The first-order valence-corrected chi connectivity index (χ1v) is 11.9. The summed E-state index contributed by atoms with van der Waals surface area (Å²) in [4.78, 5) is 0. The molecule has 1 aromatic rings. The molecule has 1 rings (SSSR count). The van der Waals surface area contributed by atoms with Crippen molar-refractivity contribution in [3.05, 3.63) is 35.9 Å². The van der Waals surface area contributed by atoms with E-state index in [2.05, 4.69) is 44.2 Å². The summed E-state index contributed by atoms with van der Waals surface area (Å²) in [6.07, 6.45) is 24.4. The number of unbranched alkanes of at least 4 members (excludes halogenated alkanes) is 13. The number of hydrogen-bond donors (Lipinski definition) is 0. The molecule has 0 saturated heterocycles. The summed E-state index contributed by atoms with van der Waals surface area (Å²) in [5, 5.41) is 0. The van der Waals surface area contributed by atoms with Crippen LogP contribution in [-0.2, 0) is 0 Å². The lowest BCUT2D eigenvalue weighted by atomic mass is 9.89. The van der Waals surface area contributed by atoms with Gasteiger partial charge in [0.15, 0.2) is 0 Å². The van der Waals surface area contributed by atoms with Gasteiger partial charge >= 0.3 is 0 Å². The van der Waals surface area contributed by atoms with Gasteiger partial charge in [-0.2, -0.15) is 0 Å². The predicted molar refractivity (Wildman–Crippen MR) is 119 cm³/mol. The highest BCUT2D eigenvalue weighted by atomic mass is 14.1. The van der Waals surface area contributed by atoms with Crippen molar-refractivity contribution in [1.82, 2.24) is 0 Å². The minimum Gasteiger partial charge on any atom is -0.0654 e. The van der Waals surface area contributed by atoms with Crippen molar-refractivity contribution in [3.8, 4) is 0 Å². The van der Waals surface area contributed by atoms with E-state index in [-0.39, 0.29) is 0 Å². The Kier molecular flexibility index (Phi) is 15.8. The summed E-state index contributed by atoms with van der Waals surface area (Å²) in [5.74, 6) is 0.790. The Balaban J connectivity index is 1.91. The van der Waals surface area contributed by atoms with E-state index < -0.39 is 0 Å². The molecule has 0 aromatic heterocycles. The highest BCUT2D eigenvalue weighted by molar-refractivity contribution is 5.19. The quantitative estimate of drug-likeness (QED) is 0.229. The predicted octanol–water partition coefficient (Wildman–Crippen LogP) is 9.44. The van der Waals surface area contributed by atoms with Gasteiger partial charge in [0.25, 0.3) is 0 Å². The van der Waals surface area contributed by atoms with Crippen LogP contribution in [0.5, 0.6) is 0 Å². The van der Waals surface area contributed by atoms with Gasteiger partial charge in [0.2, 0.25) is 0 Å². The lowest BCUT2D eigenvalue weighted by Gasteiger charge is -2.16. The van der Waals surface area contributed by atoms with Crippen molar-refractivity contribution in [1.29, 1.82) is 0 Å². The van der Waals surface area contributed by atoms with E-state index in [9.17, 15) is 0 Å². The van der Waals surface area contributed by atoms with Gasteiger partial charge < -0.3 is 0 Å².